The van der Waals surface area contributed by atoms with Gasteiger partial charge in [-0.3, -0.25) is 20.4 Å². The minimum absolute atomic E-state index is 0.330. The van der Waals surface area contributed by atoms with Gasteiger partial charge in [0.05, 0.1) is 18.7 Å². The molecule has 0 radical (unpaired) electrons. The summed E-state index contributed by atoms with van der Waals surface area (Å²) in [7, 11) is 1.47. The first-order valence-corrected chi connectivity index (χ1v) is 7.65. The Kier molecular flexibility index (Phi) is 8.28. The third kappa shape index (κ3) is 7.13. The van der Waals surface area contributed by atoms with Crippen LogP contribution >= 0.6 is 11.6 Å². The molecule has 0 saturated heterocycles. The third-order valence-corrected chi connectivity index (χ3v) is 2.95. The summed E-state index contributed by atoms with van der Waals surface area (Å²) in [4.78, 5) is 33.5. The fourth-order valence-corrected chi connectivity index (χ4v) is 1.98. The number of amides is 2. The van der Waals surface area contributed by atoms with Gasteiger partial charge >= 0.3 is 5.97 Å². The molecule has 0 aromatic heterocycles. The van der Waals surface area contributed by atoms with Gasteiger partial charge in [0.2, 0.25) is 5.91 Å². The number of hydrazine groups is 1. The predicted molar refractivity (Wildman–Crippen MR) is 91.1 cm³/mol. The monoisotopic (exact) mass is 370 g/mol. The van der Waals surface area contributed by atoms with Gasteiger partial charge in [-0.2, -0.15) is 0 Å². The van der Waals surface area contributed by atoms with Crippen LogP contribution in [0.3, 0.4) is 0 Å². The van der Waals surface area contributed by atoms with E-state index in [2.05, 4.69) is 10.9 Å². The molecule has 0 aliphatic heterocycles. The molecule has 0 fully saturated rings. The first-order valence-electron chi connectivity index (χ1n) is 7.28. The van der Waals surface area contributed by atoms with Crippen molar-refractivity contribution in [3.63, 3.8) is 0 Å². The van der Waals surface area contributed by atoms with Crippen molar-refractivity contribution in [2.24, 2.45) is 0 Å². The number of halogens is 1. The summed E-state index contributed by atoms with van der Waals surface area (Å²) >= 11 is 6.11. The minimum Gasteiger partial charge on any atom is -0.491 e. The first-order chi connectivity index (χ1) is 11.9. The van der Waals surface area contributed by atoms with Crippen molar-refractivity contribution in [2.45, 2.75) is 13.8 Å². The number of hydrogen-bond acceptors (Lipinski definition) is 6. The maximum atomic E-state index is 11.6. The Labute approximate surface area is 150 Å². The SMILES string of the molecule is CCOc1cc(/C=C/C(=O)OCC(=O)NNC(C)=O)cc(Cl)c1OC. The molecule has 0 heterocycles. The fourth-order valence-electron chi connectivity index (χ4n) is 1.69. The zero-order valence-electron chi connectivity index (χ0n) is 14.1. The highest BCUT2D eigenvalue weighted by molar-refractivity contribution is 6.32. The van der Waals surface area contributed by atoms with E-state index in [1.807, 2.05) is 6.92 Å². The maximum absolute atomic E-state index is 11.6. The standard InChI is InChI=1S/C16H19ClN2O6/c1-4-24-13-8-11(7-12(17)16(13)23-3)5-6-15(22)25-9-14(21)19-18-10(2)20/h5-8H,4,9H2,1-3H3,(H,18,20)(H,19,21)/b6-5+. The number of methoxy groups -OCH3 is 1. The minimum atomic E-state index is -0.733. The van der Waals surface area contributed by atoms with E-state index in [1.54, 1.807) is 12.1 Å². The molecule has 0 aliphatic rings. The lowest BCUT2D eigenvalue weighted by Gasteiger charge is -2.11. The van der Waals surface area contributed by atoms with Crippen LogP contribution in [0.1, 0.15) is 19.4 Å². The summed E-state index contributed by atoms with van der Waals surface area (Å²) in [6.07, 6.45) is 2.60. The average Bonchev–Trinajstić information content (AvgIpc) is 2.56. The van der Waals surface area contributed by atoms with Gasteiger partial charge in [-0.1, -0.05) is 11.6 Å². The van der Waals surface area contributed by atoms with Crippen LogP contribution in [-0.4, -0.2) is 38.1 Å². The highest BCUT2D eigenvalue weighted by Gasteiger charge is 2.11. The van der Waals surface area contributed by atoms with E-state index in [0.29, 0.717) is 28.7 Å². The Morgan fingerprint density at radius 1 is 1.24 bits per heavy atom. The van der Waals surface area contributed by atoms with Gasteiger partial charge in [-0.15, -0.1) is 0 Å². The number of nitrogens with one attached hydrogen (secondary N) is 2. The topological polar surface area (TPSA) is 103 Å². The molecular formula is C16H19ClN2O6. The number of carbonyl (C=O) groups excluding carboxylic acids is 3. The lowest BCUT2D eigenvalue weighted by Crippen LogP contribution is -2.42. The largest absolute Gasteiger partial charge is 0.491 e. The van der Waals surface area contributed by atoms with Gasteiger partial charge in [0.1, 0.15) is 0 Å². The second-order valence-electron chi connectivity index (χ2n) is 4.64. The second-order valence-corrected chi connectivity index (χ2v) is 5.04. The average molecular weight is 371 g/mol. The van der Waals surface area contributed by atoms with Crippen molar-refractivity contribution >= 4 is 35.5 Å². The molecule has 0 atom stereocenters. The smallest absolute Gasteiger partial charge is 0.331 e. The predicted octanol–water partition coefficient (Wildman–Crippen LogP) is 1.47. The lowest BCUT2D eigenvalue weighted by molar-refractivity contribution is -0.144. The molecule has 0 spiro atoms. The van der Waals surface area contributed by atoms with Crippen LogP contribution < -0.4 is 20.3 Å². The van der Waals surface area contributed by atoms with E-state index in [1.165, 1.54) is 20.1 Å². The molecule has 0 saturated carbocycles. The summed E-state index contributed by atoms with van der Waals surface area (Å²) in [5, 5.41) is 0.330. The zero-order chi connectivity index (χ0) is 18.8. The molecule has 1 aromatic rings. The Morgan fingerprint density at radius 3 is 2.56 bits per heavy atom. The fraction of sp³-hybridized carbons (Fsp3) is 0.312. The Hall–Kier alpha value is -2.74. The van der Waals surface area contributed by atoms with Crippen LogP contribution in [0, 0.1) is 0 Å². The molecule has 0 aliphatic carbocycles. The summed E-state index contributed by atoms with van der Waals surface area (Å²) < 4.78 is 15.3. The third-order valence-electron chi connectivity index (χ3n) is 2.67. The van der Waals surface area contributed by atoms with Crippen LogP contribution in [0.2, 0.25) is 5.02 Å². The highest BCUT2D eigenvalue weighted by Crippen LogP contribution is 2.36. The van der Waals surface area contributed by atoms with Gasteiger partial charge in [0, 0.05) is 13.0 Å². The van der Waals surface area contributed by atoms with Gasteiger partial charge in [0.15, 0.2) is 18.1 Å². The Bertz CT molecular complexity index is 675. The summed E-state index contributed by atoms with van der Waals surface area (Å²) in [5.74, 6) is -0.995. The molecule has 8 nitrogen and oxygen atoms in total. The van der Waals surface area contributed by atoms with Crippen molar-refractivity contribution < 1.29 is 28.6 Å². The highest BCUT2D eigenvalue weighted by atomic mass is 35.5. The molecular weight excluding hydrogens is 352 g/mol. The number of esters is 1. The van der Waals surface area contributed by atoms with Crippen LogP contribution in [0.4, 0.5) is 0 Å². The Balaban J connectivity index is 2.66. The second kappa shape index (κ2) is 10.2. The van der Waals surface area contributed by atoms with Gasteiger partial charge in [-0.05, 0) is 30.7 Å². The molecule has 1 rings (SSSR count). The van der Waals surface area contributed by atoms with Crippen molar-refractivity contribution in [1.29, 1.82) is 0 Å². The normalized spacial score (nSPS) is 10.2. The van der Waals surface area contributed by atoms with Crippen molar-refractivity contribution in [2.75, 3.05) is 20.3 Å². The number of rotatable bonds is 7. The van der Waals surface area contributed by atoms with E-state index in [9.17, 15) is 14.4 Å². The molecule has 0 bridgehead atoms. The quantitative estimate of drug-likeness (QED) is 0.428. The van der Waals surface area contributed by atoms with Gasteiger partial charge < -0.3 is 14.2 Å². The van der Waals surface area contributed by atoms with E-state index >= 15 is 0 Å². The number of benzene rings is 1. The molecule has 2 amide bonds. The molecule has 9 heteroatoms. The first kappa shape index (κ1) is 20.3. The van der Waals surface area contributed by atoms with Crippen molar-refractivity contribution in [3.05, 3.63) is 28.8 Å². The van der Waals surface area contributed by atoms with Crippen molar-refractivity contribution in [1.82, 2.24) is 10.9 Å². The number of carbonyl (C=O) groups is 3. The number of hydrogen-bond donors (Lipinski definition) is 2. The summed E-state index contributed by atoms with van der Waals surface area (Å²) in [6.45, 7) is 2.94. The van der Waals surface area contributed by atoms with E-state index in [4.69, 9.17) is 25.8 Å². The van der Waals surface area contributed by atoms with Crippen LogP contribution in [0.5, 0.6) is 11.5 Å². The van der Waals surface area contributed by atoms with E-state index in [-0.39, 0.29) is 0 Å². The van der Waals surface area contributed by atoms with Crippen LogP contribution in [0.25, 0.3) is 6.08 Å². The zero-order valence-corrected chi connectivity index (χ0v) is 14.8. The maximum Gasteiger partial charge on any atom is 0.331 e. The molecule has 1 aromatic carbocycles. The van der Waals surface area contributed by atoms with Crippen LogP contribution in [-0.2, 0) is 19.1 Å². The number of ether oxygens (including phenoxy) is 3. The molecule has 0 unspecified atom stereocenters. The molecule has 2 N–H and O–H groups in total. The van der Waals surface area contributed by atoms with Crippen LogP contribution in [0.15, 0.2) is 18.2 Å². The van der Waals surface area contributed by atoms with E-state index < -0.39 is 24.4 Å². The molecule has 25 heavy (non-hydrogen) atoms. The lowest BCUT2D eigenvalue weighted by atomic mass is 10.2. The Morgan fingerprint density at radius 2 is 1.96 bits per heavy atom. The van der Waals surface area contributed by atoms with Crippen molar-refractivity contribution in [3.8, 4) is 11.5 Å². The summed E-state index contributed by atoms with van der Waals surface area (Å²) in [6, 6.07) is 3.25. The summed E-state index contributed by atoms with van der Waals surface area (Å²) in [5.41, 5.74) is 4.73. The van der Waals surface area contributed by atoms with E-state index in [0.717, 1.165) is 6.08 Å². The van der Waals surface area contributed by atoms with Gasteiger partial charge in [-0.25, -0.2) is 4.79 Å². The van der Waals surface area contributed by atoms with Gasteiger partial charge in [0.25, 0.3) is 5.91 Å². The molecule has 136 valence electrons.